The molecule has 72 valence electrons. The van der Waals surface area contributed by atoms with Crippen molar-refractivity contribution in [3.8, 4) is 0 Å². The number of rotatable bonds is 2. The zero-order valence-electron chi connectivity index (χ0n) is 8.64. The van der Waals surface area contributed by atoms with Gasteiger partial charge in [0.2, 0.25) is 0 Å². The SMILES string of the molecule is CCC[C@H]1CCN(C)C[C@]1(C)N. The third kappa shape index (κ3) is 2.20. The molecular weight excluding hydrogens is 148 g/mol. The monoisotopic (exact) mass is 170 g/mol. The summed E-state index contributed by atoms with van der Waals surface area (Å²) >= 11 is 0. The number of piperidine rings is 1. The fraction of sp³-hybridized carbons (Fsp3) is 1.00. The van der Waals surface area contributed by atoms with Crippen molar-refractivity contribution in [3.63, 3.8) is 0 Å². The normalized spacial score (nSPS) is 38.5. The van der Waals surface area contributed by atoms with Gasteiger partial charge in [0.1, 0.15) is 0 Å². The molecule has 0 aromatic heterocycles. The molecule has 0 unspecified atom stereocenters. The average molecular weight is 170 g/mol. The van der Waals surface area contributed by atoms with E-state index in [2.05, 4.69) is 25.8 Å². The zero-order valence-corrected chi connectivity index (χ0v) is 8.64. The second kappa shape index (κ2) is 3.75. The van der Waals surface area contributed by atoms with Crippen LogP contribution in [0.1, 0.15) is 33.1 Å². The topological polar surface area (TPSA) is 29.3 Å². The van der Waals surface area contributed by atoms with E-state index in [-0.39, 0.29) is 5.54 Å². The van der Waals surface area contributed by atoms with Crippen LogP contribution in [0.3, 0.4) is 0 Å². The summed E-state index contributed by atoms with van der Waals surface area (Å²) in [7, 11) is 2.16. The highest BCUT2D eigenvalue weighted by molar-refractivity contribution is 4.93. The Morgan fingerprint density at radius 2 is 2.25 bits per heavy atom. The highest BCUT2D eigenvalue weighted by atomic mass is 15.1. The van der Waals surface area contributed by atoms with Gasteiger partial charge in [-0.05, 0) is 39.3 Å². The molecule has 0 spiro atoms. The van der Waals surface area contributed by atoms with Crippen LogP contribution < -0.4 is 5.73 Å². The molecule has 0 aliphatic carbocycles. The number of nitrogens with zero attached hydrogens (tertiary/aromatic N) is 1. The van der Waals surface area contributed by atoms with E-state index in [4.69, 9.17) is 5.73 Å². The van der Waals surface area contributed by atoms with Crippen molar-refractivity contribution in [1.82, 2.24) is 4.90 Å². The maximum Gasteiger partial charge on any atom is 0.0283 e. The van der Waals surface area contributed by atoms with Crippen LogP contribution in [0.15, 0.2) is 0 Å². The Kier molecular flexibility index (Phi) is 3.13. The van der Waals surface area contributed by atoms with Crippen LogP contribution >= 0.6 is 0 Å². The number of likely N-dealkylation sites (tertiary alicyclic amines) is 1. The van der Waals surface area contributed by atoms with Crippen molar-refractivity contribution in [2.75, 3.05) is 20.1 Å². The van der Waals surface area contributed by atoms with Crippen LogP contribution in [-0.4, -0.2) is 30.6 Å². The van der Waals surface area contributed by atoms with Gasteiger partial charge in [0, 0.05) is 12.1 Å². The van der Waals surface area contributed by atoms with Gasteiger partial charge in [-0.15, -0.1) is 0 Å². The first-order valence-corrected chi connectivity index (χ1v) is 5.03. The van der Waals surface area contributed by atoms with E-state index < -0.39 is 0 Å². The van der Waals surface area contributed by atoms with Crippen molar-refractivity contribution in [1.29, 1.82) is 0 Å². The Morgan fingerprint density at radius 3 is 2.75 bits per heavy atom. The molecule has 2 heteroatoms. The maximum atomic E-state index is 6.26. The Morgan fingerprint density at radius 1 is 1.58 bits per heavy atom. The minimum atomic E-state index is 0.0447. The molecule has 1 aliphatic heterocycles. The number of likely N-dealkylation sites (N-methyl/N-ethyl adjacent to an activating group) is 1. The lowest BCUT2D eigenvalue weighted by molar-refractivity contribution is 0.118. The lowest BCUT2D eigenvalue weighted by atomic mass is 9.78. The summed E-state index contributed by atoms with van der Waals surface area (Å²) in [6.45, 7) is 6.71. The van der Waals surface area contributed by atoms with Crippen LogP contribution in [0.25, 0.3) is 0 Å². The maximum absolute atomic E-state index is 6.26. The van der Waals surface area contributed by atoms with Crippen LogP contribution in [0.4, 0.5) is 0 Å². The summed E-state index contributed by atoms with van der Waals surface area (Å²) in [6.07, 6.45) is 3.83. The van der Waals surface area contributed by atoms with E-state index in [9.17, 15) is 0 Å². The molecule has 1 fully saturated rings. The number of hydrogen-bond acceptors (Lipinski definition) is 2. The first-order chi connectivity index (χ1) is 5.56. The van der Waals surface area contributed by atoms with E-state index in [1.165, 1.54) is 25.8 Å². The predicted octanol–water partition coefficient (Wildman–Crippen LogP) is 1.46. The number of nitrogens with two attached hydrogens (primary N) is 1. The molecule has 0 aromatic carbocycles. The molecule has 0 saturated carbocycles. The van der Waals surface area contributed by atoms with Crippen LogP contribution in [-0.2, 0) is 0 Å². The highest BCUT2D eigenvalue weighted by Gasteiger charge is 2.34. The molecule has 2 atom stereocenters. The van der Waals surface area contributed by atoms with E-state index in [0.29, 0.717) is 0 Å². The molecule has 1 heterocycles. The summed E-state index contributed by atoms with van der Waals surface area (Å²) in [4.78, 5) is 2.34. The fourth-order valence-corrected chi connectivity index (χ4v) is 2.32. The van der Waals surface area contributed by atoms with Gasteiger partial charge < -0.3 is 10.6 Å². The predicted molar refractivity (Wildman–Crippen MR) is 53.1 cm³/mol. The zero-order chi connectivity index (χ0) is 9.19. The summed E-state index contributed by atoms with van der Waals surface area (Å²) in [5.74, 6) is 0.735. The minimum Gasteiger partial charge on any atom is -0.324 e. The summed E-state index contributed by atoms with van der Waals surface area (Å²) in [5, 5.41) is 0. The Bertz CT molecular complexity index is 143. The molecule has 2 nitrogen and oxygen atoms in total. The lowest BCUT2D eigenvalue weighted by Gasteiger charge is -2.42. The van der Waals surface area contributed by atoms with Gasteiger partial charge >= 0.3 is 0 Å². The first-order valence-electron chi connectivity index (χ1n) is 5.03. The highest BCUT2D eigenvalue weighted by Crippen LogP contribution is 2.28. The molecule has 0 amide bonds. The van der Waals surface area contributed by atoms with Gasteiger partial charge in [0.05, 0.1) is 0 Å². The van der Waals surface area contributed by atoms with Crippen LogP contribution in [0, 0.1) is 5.92 Å². The smallest absolute Gasteiger partial charge is 0.0283 e. The molecule has 1 saturated heterocycles. The molecule has 2 N–H and O–H groups in total. The minimum absolute atomic E-state index is 0.0447. The summed E-state index contributed by atoms with van der Waals surface area (Å²) < 4.78 is 0. The molecule has 0 bridgehead atoms. The van der Waals surface area contributed by atoms with Crippen LogP contribution in [0.2, 0.25) is 0 Å². The molecule has 0 aromatic rings. The first kappa shape index (κ1) is 10.0. The van der Waals surface area contributed by atoms with E-state index in [1.54, 1.807) is 0 Å². The van der Waals surface area contributed by atoms with E-state index in [0.717, 1.165) is 12.5 Å². The van der Waals surface area contributed by atoms with Crippen molar-refractivity contribution in [3.05, 3.63) is 0 Å². The van der Waals surface area contributed by atoms with E-state index in [1.807, 2.05) is 0 Å². The summed E-state index contributed by atoms with van der Waals surface area (Å²) in [6, 6.07) is 0. The third-order valence-corrected chi connectivity index (χ3v) is 3.04. The van der Waals surface area contributed by atoms with E-state index >= 15 is 0 Å². The van der Waals surface area contributed by atoms with Gasteiger partial charge in [-0.1, -0.05) is 13.3 Å². The second-order valence-electron chi connectivity index (χ2n) is 4.52. The van der Waals surface area contributed by atoms with Crippen LogP contribution in [0.5, 0.6) is 0 Å². The van der Waals surface area contributed by atoms with Gasteiger partial charge in [0.15, 0.2) is 0 Å². The third-order valence-electron chi connectivity index (χ3n) is 3.04. The Hall–Kier alpha value is -0.0800. The Labute approximate surface area is 76.1 Å². The second-order valence-corrected chi connectivity index (χ2v) is 4.52. The fourth-order valence-electron chi connectivity index (χ4n) is 2.32. The van der Waals surface area contributed by atoms with Crippen molar-refractivity contribution >= 4 is 0 Å². The van der Waals surface area contributed by atoms with Gasteiger partial charge in [0.25, 0.3) is 0 Å². The summed E-state index contributed by atoms with van der Waals surface area (Å²) in [5.41, 5.74) is 6.30. The molecular formula is C10H22N2. The Balaban J connectivity index is 2.51. The van der Waals surface area contributed by atoms with Crippen molar-refractivity contribution in [2.45, 2.75) is 38.6 Å². The lowest BCUT2D eigenvalue weighted by Crippen LogP contribution is -2.56. The van der Waals surface area contributed by atoms with Gasteiger partial charge in [-0.3, -0.25) is 0 Å². The number of hydrogen-bond donors (Lipinski definition) is 1. The molecule has 0 radical (unpaired) electrons. The van der Waals surface area contributed by atoms with Crippen molar-refractivity contribution in [2.24, 2.45) is 11.7 Å². The van der Waals surface area contributed by atoms with Gasteiger partial charge in [-0.25, -0.2) is 0 Å². The average Bonchev–Trinajstić information content (AvgIpc) is 1.94. The molecule has 12 heavy (non-hydrogen) atoms. The largest absolute Gasteiger partial charge is 0.324 e. The molecule has 1 rings (SSSR count). The quantitative estimate of drug-likeness (QED) is 0.680. The standard InChI is InChI=1S/C10H22N2/c1-4-5-9-6-7-12(3)8-10(9,2)11/h9H,4-8,11H2,1-3H3/t9-,10-/m0/s1. The molecule has 1 aliphatic rings. The van der Waals surface area contributed by atoms with Gasteiger partial charge in [-0.2, -0.15) is 0 Å². The van der Waals surface area contributed by atoms with Crippen molar-refractivity contribution < 1.29 is 0 Å².